The van der Waals surface area contributed by atoms with Gasteiger partial charge in [0.15, 0.2) is 0 Å². The Morgan fingerprint density at radius 3 is 2.52 bits per heavy atom. The number of rotatable bonds is 6. The number of thiophene rings is 1. The van der Waals surface area contributed by atoms with Crippen LogP contribution in [0.1, 0.15) is 49.0 Å². The lowest BCUT2D eigenvalue weighted by Gasteiger charge is -2.23. The molecule has 0 aromatic carbocycles. The third kappa shape index (κ3) is 3.99. The summed E-state index contributed by atoms with van der Waals surface area (Å²) < 4.78 is 23.0. The van der Waals surface area contributed by atoms with Crippen LogP contribution < -0.4 is 0 Å². The van der Waals surface area contributed by atoms with E-state index in [1.807, 2.05) is 4.90 Å². The van der Waals surface area contributed by atoms with Crippen LogP contribution in [0.5, 0.6) is 0 Å². The summed E-state index contributed by atoms with van der Waals surface area (Å²) in [5.41, 5.74) is 0.935. The smallest absolute Gasteiger partial charge is 0.271 e. The van der Waals surface area contributed by atoms with Gasteiger partial charge in [-0.25, -0.2) is 8.42 Å². The van der Waals surface area contributed by atoms with Gasteiger partial charge in [-0.05, 0) is 37.7 Å². The van der Waals surface area contributed by atoms with Crippen molar-refractivity contribution in [1.82, 2.24) is 4.90 Å². The molecule has 21 heavy (non-hydrogen) atoms. The predicted molar refractivity (Wildman–Crippen MR) is 85.6 cm³/mol. The molecule has 0 unspecified atom stereocenters. The van der Waals surface area contributed by atoms with Crippen molar-refractivity contribution in [2.75, 3.05) is 6.54 Å². The van der Waals surface area contributed by atoms with Crippen molar-refractivity contribution in [1.29, 1.82) is 0 Å². The maximum atomic E-state index is 12.7. The summed E-state index contributed by atoms with van der Waals surface area (Å²) in [5, 5.41) is 1.61. The van der Waals surface area contributed by atoms with Gasteiger partial charge in [0.25, 0.3) is 15.0 Å². The van der Waals surface area contributed by atoms with Crippen molar-refractivity contribution < 1.29 is 13.2 Å². The second-order valence-electron chi connectivity index (χ2n) is 5.91. The van der Waals surface area contributed by atoms with Gasteiger partial charge < -0.3 is 4.90 Å². The van der Waals surface area contributed by atoms with Gasteiger partial charge in [-0.2, -0.15) is 0 Å². The molecule has 0 bridgehead atoms. The third-order valence-electron chi connectivity index (χ3n) is 3.64. The molecule has 1 aromatic rings. The molecule has 0 spiro atoms. The molecule has 0 saturated heterocycles. The van der Waals surface area contributed by atoms with Crippen LogP contribution in [0.3, 0.4) is 0 Å². The highest BCUT2D eigenvalue weighted by atomic mass is 35.7. The largest absolute Gasteiger partial charge is 0.336 e. The molecule has 0 N–H and O–H groups in total. The van der Waals surface area contributed by atoms with E-state index >= 15 is 0 Å². The maximum absolute atomic E-state index is 12.7. The standard InChI is InChI=1S/C14H20ClNO3S2/c1-9(2)6-7-16(11-4-5-11)13(17)12-8-20-14(10(12)3)21(15,18)19/h8-9,11H,4-7H2,1-3H3. The molecule has 7 heteroatoms. The summed E-state index contributed by atoms with van der Waals surface area (Å²) in [6, 6.07) is 0.312. The van der Waals surface area contributed by atoms with Crippen molar-refractivity contribution in [2.24, 2.45) is 5.92 Å². The Hall–Kier alpha value is -0.590. The van der Waals surface area contributed by atoms with Crippen LogP contribution in [0.2, 0.25) is 0 Å². The monoisotopic (exact) mass is 349 g/mol. The zero-order chi connectivity index (χ0) is 15.8. The van der Waals surface area contributed by atoms with E-state index in [1.54, 1.807) is 12.3 Å². The van der Waals surface area contributed by atoms with E-state index < -0.39 is 9.05 Å². The molecule has 1 aliphatic rings. The molecule has 1 saturated carbocycles. The first-order chi connectivity index (χ1) is 9.71. The van der Waals surface area contributed by atoms with Gasteiger partial charge in [0.2, 0.25) is 0 Å². The fraction of sp³-hybridized carbons (Fsp3) is 0.643. The summed E-state index contributed by atoms with van der Waals surface area (Å²) in [6.45, 7) is 6.62. The Labute approximate surface area is 134 Å². The van der Waals surface area contributed by atoms with E-state index in [9.17, 15) is 13.2 Å². The van der Waals surface area contributed by atoms with Gasteiger partial charge in [-0.15, -0.1) is 11.3 Å². The number of hydrogen-bond acceptors (Lipinski definition) is 4. The molecular formula is C14H20ClNO3S2. The fourth-order valence-electron chi connectivity index (χ4n) is 2.24. The van der Waals surface area contributed by atoms with Gasteiger partial charge >= 0.3 is 0 Å². The van der Waals surface area contributed by atoms with Crippen molar-refractivity contribution in [3.63, 3.8) is 0 Å². The number of amides is 1. The van der Waals surface area contributed by atoms with Gasteiger partial charge in [-0.3, -0.25) is 4.79 Å². The first-order valence-electron chi connectivity index (χ1n) is 7.05. The minimum atomic E-state index is -3.78. The zero-order valence-electron chi connectivity index (χ0n) is 12.4. The topological polar surface area (TPSA) is 54.5 Å². The van der Waals surface area contributed by atoms with Crippen LogP contribution in [0.25, 0.3) is 0 Å². The molecule has 1 amide bonds. The highest BCUT2D eigenvalue weighted by Crippen LogP contribution is 2.33. The molecule has 1 aliphatic carbocycles. The Bertz CT molecular complexity index is 633. The molecule has 1 aromatic heterocycles. The van der Waals surface area contributed by atoms with Gasteiger partial charge in [0, 0.05) is 28.6 Å². The summed E-state index contributed by atoms with van der Waals surface area (Å²) in [6.07, 6.45) is 3.02. The molecular weight excluding hydrogens is 330 g/mol. The first-order valence-corrected chi connectivity index (χ1v) is 10.2. The van der Waals surface area contributed by atoms with Crippen LogP contribution in [0.15, 0.2) is 9.59 Å². The van der Waals surface area contributed by atoms with E-state index in [0.717, 1.165) is 37.1 Å². The van der Waals surface area contributed by atoms with Crippen LogP contribution in [-0.2, 0) is 9.05 Å². The van der Waals surface area contributed by atoms with E-state index in [-0.39, 0.29) is 10.1 Å². The summed E-state index contributed by atoms with van der Waals surface area (Å²) in [4.78, 5) is 14.6. The van der Waals surface area contributed by atoms with Crippen LogP contribution >= 0.6 is 22.0 Å². The van der Waals surface area contributed by atoms with Crippen molar-refractivity contribution >= 4 is 37.0 Å². The molecule has 4 nitrogen and oxygen atoms in total. The highest BCUT2D eigenvalue weighted by Gasteiger charge is 2.34. The van der Waals surface area contributed by atoms with Crippen LogP contribution in [0, 0.1) is 12.8 Å². The zero-order valence-corrected chi connectivity index (χ0v) is 14.8. The van der Waals surface area contributed by atoms with Crippen molar-refractivity contribution in [2.45, 2.75) is 50.3 Å². The maximum Gasteiger partial charge on any atom is 0.271 e. The van der Waals surface area contributed by atoms with Crippen LogP contribution in [0.4, 0.5) is 0 Å². The molecule has 1 fully saturated rings. The minimum Gasteiger partial charge on any atom is -0.336 e. The van der Waals surface area contributed by atoms with Gasteiger partial charge in [0.05, 0.1) is 5.56 Å². The molecule has 0 aliphatic heterocycles. The Balaban J connectivity index is 2.23. The summed E-state index contributed by atoms with van der Waals surface area (Å²) >= 11 is 1.02. The SMILES string of the molecule is Cc1c(C(=O)N(CCC(C)C)C2CC2)csc1S(=O)(=O)Cl. The normalized spacial score (nSPS) is 15.5. The Kier molecular flexibility index (Phi) is 5.00. The Morgan fingerprint density at radius 1 is 1.48 bits per heavy atom. The average Bonchev–Trinajstić information content (AvgIpc) is 3.10. The van der Waals surface area contributed by atoms with E-state index in [0.29, 0.717) is 23.1 Å². The first kappa shape index (κ1) is 16.8. The second kappa shape index (κ2) is 6.26. The lowest BCUT2D eigenvalue weighted by Crippen LogP contribution is -2.34. The number of hydrogen-bond donors (Lipinski definition) is 0. The molecule has 1 heterocycles. The number of nitrogens with zero attached hydrogens (tertiary/aromatic N) is 1. The van der Waals surface area contributed by atoms with Gasteiger partial charge in [-0.1, -0.05) is 13.8 Å². The lowest BCUT2D eigenvalue weighted by atomic mass is 10.1. The quantitative estimate of drug-likeness (QED) is 0.737. The molecule has 0 radical (unpaired) electrons. The molecule has 0 atom stereocenters. The van der Waals surface area contributed by atoms with E-state index in [2.05, 4.69) is 13.8 Å². The lowest BCUT2D eigenvalue weighted by molar-refractivity contribution is 0.0735. The molecule has 2 rings (SSSR count). The van der Waals surface area contributed by atoms with E-state index in [4.69, 9.17) is 10.7 Å². The number of halogens is 1. The summed E-state index contributed by atoms with van der Waals surface area (Å²) in [7, 11) is 1.61. The van der Waals surface area contributed by atoms with E-state index in [1.165, 1.54) is 0 Å². The minimum absolute atomic E-state index is 0.0709. The number of carbonyl (C=O) groups excluding carboxylic acids is 1. The Morgan fingerprint density at radius 2 is 2.10 bits per heavy atom. The second-order valence-corrected chi connectivity index (χ2v) is 9.55. The van der Waals surface area contributed by atoms with Gasteiger partial charge in [0.1, 0.15) is 4.21 Å². The number of carbonyl (C=O) groups is 1. The average molecular weight is 350 g/mol. The van der Waals surface area contributed by atoms with Crippen LogP contribution in [-0.4, -0.2) is 31.8 Å². The van der Waals surface area contributed by atoms with Crippen molar-refractivity contribution in [3.05, 3.63) is 16.5 Å². The fourth-order valence-corrected chi connectivity index (χ4v) is 4.78. The highest BCUT2D eigenvalue weighted by molar-refractivity contribution is 8.15. The third-order valence-corrected chi connectivity index (χ3v) is 6.95. The molecule has 118 valence electrons. The summed E-state index contributed by atoms with van der Waals surface area (Å²) in [5.74, 6) is 0.458. The predicted octanol–water partition coefficient (Wildman–Crippen LogP) is 3.63. The van der Waals surface area contributed by atoms with Crippen molar-refractivity contribution in [3.8, 4) is 0 Å².